The lowest BCUT2D eigenvalue weighted by molar-refractivity contribution is 0.549. The molecule has 0 unspecified atom stereocenters. The van der Waals surface area contributed by atoms with Gasteiger partial charge in [0, 0.05) is 21.8 Å². The molecule has 2 aromatic carbocycles. The SMILES string of the molecule is Nc1cccc(Br)c1CS(=O)(=O)c1ccc(F)cc1F. The third-order valence-corrected chi connectivity index (χ3v) is 5.13. The van der Waals surface area contributed by atoms with E-state index in [2.05, 4.69) is 15.9 Å². The number of anilines is 1. The summed E-state index contributed by atoms with van der Waals surface area (Å²) < 4.78 is 51.3. The molecule has 0 radical (unpaired) electrons. The molecule has 0 bridgehead atoms. The summed E-state index contributed by atoms with van der Waals surface area (Å²) in [7, 11) is -3.96. The summed E-state index contributed by atoms with van der Waals surface area (Å²) in [5.41, 5.74) is 6.35. The van der Waals surface area contributed by atoms with E-state index in [1.54, 1.807) is 18.2 Å². The number of nitrogen functional groups attached to an aromatic ring is 1. The molecule has 0 heterocycles. The molecule has 0 fully saturated rings. The van der Waals surface area contributed by atoms with Crippen molar-refractivity contribution in [3.05, 3.63) is 58.1 Å². The fourth-order valence-corrected chi connectivity index (χ4v) is 3.92. The number of nitrogens with two attached hydrogens (primary N) is 1. The van der Waals surface area contributed by atoms with Crippen LogP contribution in [0.15, 0.2) is 45.8 Å². The average Bonchev–Trinajstić information content (AvgIpc) is 2.33. The lowest BCUT2D eigenvalue weighted by atomic mass is 10.2. The Morgan fingerprint density at radius 2 is 1.85 bits per heavy atom. The van der Waals surface area contributed by atoms with E-state index >= 15 is 0 Å². The monoisotopic (exact) mass is 361 g/mol. The number of benzene rings is 2. The highest BCUT2D eigenvalue weighted by Gasteiger charge is 2.22. The van der Waals surface area contributed by atoms with Crippen LogP contribution < -0.4 is 5.73 Å². The smallest absolute Gasteiger partial charge is 0.185 e. The van der Waals surface area contributed by atoms with Gasteiger partial charge in [0.25, 0.3) is 0 Å². The van der Waals surface area contributed by atoms with Crippen LogP contribution in [-0.2, 0) is 15.6 Å². The topological polar surface area (TPSA) is 60.2 Å². The second-order valence-corrected chi connectivity index (χ2v) is 6.95. The van der Waals surface area contributed by atoms with E-state index in [1.807, 2.05) is 0 Å². The first kappa shape index (κ1) is 14.9. The van der Waals surface area contributed by atoms with E-state index in [1.165, 1.54) is 0 Å². The molecule has 2 aromatic rings. The van der Waals surface area contributed by atoms with E-state index in [-0.39, 0.29) is 5.69 Å². The van der Waals surface area contributed by atoms with Crippen molar-refractivity contribution in [1.82, 2.24) is 0 Å². The Kier molecular flexibility index (Phi) is 4.10. The number of halogens is 3. The van der Waals surface area contributed by atoms with E-state index in [9.17, 15) is 17.2 Å². The van der Waals surface area contributed by atoms with Gasteiger partial charge in [-0.25, -0.2) is 17.2 Å². The van der Waals surface area contributed by atoms with E-state index < -0.39 is 32.1 Å². The first-order valence-corrected chi connectivity index (χ1v) is 7.96. The van der Waals surface area contributed by atoms with Crippen LogP contribution in [0.25, 0.3) is 0 Å². The highest BCUT2D eigenvalue weighted by Crippen LogP contribution is 2.28. The summed E-state index contributed by atoms with van der Waals surface area (Å²) in [6, 6.07) is 7.20. The van der Waals surface area contributed by atoms with Crippen LogP contribution in [0.3, 0.4) is 0 Å². The zero-order valence-corrected chi connectivity index (χ0v) is 12.5. The number of hydrogen-bond donors (Lipinski definition) is 1. The maximum absolute atomic E-state index is 13.6. The number of rotatable bonds is 3. The highest BCUT2D eigenvalue weighted by atomic mass is 79.9. The summed E-state index contributed by atoms with van der Waals surface area (Å²) in [4.78, 5) is -0.547. The van der Waals surface area contributed by atoms with Gasteiger partial charge < -0.3 is 5.73 Å². The molecule has 106 valence electrons. The lowest BCUT2D eigenvalue weighted by Gasteiger charge is -2.10. The second kappa shape index (κ2) is 5.49. The molecule has 7 heteroatoms. The molecule has 0 aliphatic heterocycles. The molecule has 0 atom stereocenters. The van der Waals surface area contributed by atoms with Gasteiger partial charge >= 0.3 is 0 Å². The van der Waals surface area contributed by atoms with Gasteiger partial charge in [0.1, 0.15) is 16.5 Å². The van der Waals surface area contributed by atoms with Gasteiger partial charge in [0.2, 0.25) is 0 Å². The van der Waals surface area contributed by atoms with Gasteiger partial charge in [0.15, 0.2) is 9.84 Å². The average molecular weight is 362 g/mol. The van der Waals surface area contributed by atoms with E-state index in [0.717, 1.165) is 12.1 Å². The zero-order chi connectivity index (χ0) is 14.9. The summed E-state index contributed by atoms with van der Waals surface area (Å²) in [5.74, 6) is -2.42. The predicted molar refractivity (Wildman–Crippen MR) is 75.8 cm³/mol. The first-order chi connectivity index (χ1) is 9.31. The fraction of sp³-hybridized carbons (Fsp3) is 0.0769. The second-order valence-electron chi connectivity index (χ2n) is 4.14. The normalized spacial score (nSPS) is 11.6. The van der Waals surface area contributed by atoms with Crippen LogP contribution >= 0.6 is 15.9 Å². The van der Waals surface area contributed by atoms with Gasteiger partial charge in [-0.2, -0.15) is 0 Å². The first-order valence-electron chi connectivity index (χ1n) is 5.52. The molecule has 2 N–H and O–H groups in total. The Bertz CT molecular complexity index is 743. The molecule has 0 aliphatic carbocycles. The van der Waals surface area contributed by atoms with Crippen molar-refractivity contribution in [3.8, 4) is 0 Å². The Morgan fingerprint density at radius 1 is 1.15 bits per heavy atom. The summed E-state index contributed by atoms with van der Waals surface area (Å²) in [6.07, 6.45) is 0. The van der Waals surface area contributed by atoms with E-state index in [0.29, 0.717) is 16.1 Å². The van der Waals surface area contributed by atoms with Crippen LogP contribution in [0, 0.1) is 11.6 Å². The quantitative estimate of drug-likeness (QED) is 0.673. The minimum atomic E-state index is -3.96. The number of sulfone groups is 1. The standard InChI is InChI=1S/C13H10BrF2NO2S/c14-10-2-1-3-12(17)9(10)7-20(18,19)13-5-4-8(15)6-11(13)16/h1-6H,7,17H2. The summed E-state index contributed by atoms with van der Waals surface area (Å²) >= 11 is 3.20. The summed E-state index contributed by atoms with van der Waals surface area (Å²) in [5, 5.41) is 0. The molecule has 0 saturated carbocycles. The molecule has 3 nitrogen and oxygen atoms in total. The maximum Gasteiger partial charge on any atom is 0.185 e. The molecular formula is C13H10BrF2NO2S. The predicted octanol–water partition coefficient (Wildman–Crippen LogP) is 3.28. The minimum absolute atomic E-state index is 0.283. The van der Waals surface area contributed by atoms with Crippen LogP contribution in [0.5, 0.6) is 0 Å². The van der Waals surface area contributed by atoms with Crippen molar-refractivity contribution in [2.75, 3.05) is 5.73 Å². The van der Waals surface area contributed by atoms with Gasteiger partial charge in [0.05, 0.1) is 5.75 Å². The van der Waals surface area contributed by atoms with Crippen LogP contribution in [0.1, 0.15) is 5.56 Å². The Hall–Kier alpha value is -1.47. The molecular weight excluding hydrogens is 352 g/mol. The molecule has 20 heavy (non-hydrogen) atoms. The van der Waals surface area contributed by atoms with Crippen molar-refractivity contribution in [1.29, 1.82) is 0 Å². The Balaban J connectivity index is 2.46. The van der Waals surface area contributed by atoms with Crippen molar-refractivity contribution in [2.24, 2.45) is 0 Å². The van der Waals surface area contributed by atoms with E-state index in [4.69, 9.17) is 5.73 Å². The van der Waals surface area contributed by atoms with Crippen molar-refractivity contribution >= 4 is 31.5 Å². The zero-order valence-electron chi connectivity index (χ0n) is 10.1. The molecule has 0 aromatic heterocycles. The molecule has 0 amide bonds. The maximum atomic E-state index is 13.6. The Morgan fingerprint density at radius 3 is 2.45 bits per heavy atom. The summed E-state index contributed by atoms with van der Waals surface area (Å²) in [6.45, 7) is 0. The van der Waals surface area contributed by atoms with Gasteiger partial charge in [-0.05, 0) is 24.3 Å². The molecule has 0 aliphatic rings. The van der Waals surface area contributed by atoms with Crippen LogP contribution in [-0.4, -0.2) is 8.42 Å². The van der Waals surface area contributed by atoms with Crippen molar-refractivity contribution in [2.45, 2.75) is 10.6 Å². The third kappa shape index (κ3) is 2.99. The van der Waals surface area contributed by atoms with Crippen molar-refractivity contribution in [3.63, 3.8) is 0 Å². The largest absolute Gasteiger partial charge is 0.398 e. The highest BCUT2D eigenvalue weighted by molar-refractivity contribution is 9.10. The Labute approximate surface area is 123 Å². The minimum Gasteiger partial charge on any atom is -0.398 e. The van der Waals surface area contributed by atoms with Gasteiger partial charge in [-0.3, -0.25) is 0 Å². The number of hydrogen-bond acceptors (Lipinski definition) is 3. The lowest BCUT2D eigenvalue weighted by Crippen LogP contribution is -2.09. The fourth-order valence-electron chi connectivity index (χ4n) is 1.72. The molecule has 0 spiro atoms. The van der Waals surface area contributed by atoms with Gasteiger partial charge in [-0.1, -0.05) is 22.0 Å². The van der Waals surface area contributed by atoms with Gasteiger partial charge in [-0.15, -0.1) is 0 Å². The van der Waals surface area contributed by atoms with Crippen molar-refractivity contribution < 1.29 is 17.2 Å². The third-order valence-electron chi connectivity index (χ3n) is 2.72. The molecule has 2 rings (SSSR count). The van der Waals surface area contributed by atoms with Crippen LogP contribution in [0.2, 0.25) is 0 Å². The molecule has 0 saturated heterocycles. The van der Waals surface area contributed by atoms with Crippen LogP contribution in [0.4, 0.5) is 14.5 Å².